The predicted octanol–water partition coefficient (Wildman–Crippen LogP) is 3.44. The van der Waals surface area contributed by atoms with Crippen molar-refractivity contribution in [2.45, 2.75) is 21.9 Å². The molecule has 2 heterocycles. The molecule has 0 aliphatic rings. The number of benzene rings is 1. The number of aromatic carboxylic acids is 1. The lowest BCUT2D eigenvalue weighted by atomic mass is 10.1. The number of nitrogens with one attached hydrogen (secondary N) is 1. The molecule has 0 atom stereocenters. The Balaban J connectivity index is 1.87. The molecule has 1 aromatic carbocycles. The van der Waals surface area contributed by atoms with Crippen LogP contribution in [-0.4, -0.2) is 29.5 Å². The van der Waals surface area contributed by atoms with Gasteiger partial charge in [0.25, 0.3) is 10.0 Å². The van der Waals surface area contributed by atoms with Gasteiger partial charge in [-0.3, -0.25) is 4.72 Å². The van der Waals surface area contributed by atoms with Crippen LogP contribution in [0.2, 0.25) is 0 Å². The molecule has 3 rings (SSSR count). The first-order chi connectivity index (χ1) is 12.8. The maximum atomic E-state index is 12.7. The predicted molar refractivity (Wildman–Crippen MR) is 102 cm³/mol. The van der Waals surface area contributed by atoms with Gasteiger partial charge in [-0.1, -0.05) is 23.9 Å². The fraction of sp³-hybridized carbons (Fsp3) is 0.0556. The molecule has 0 radical (unpaired) electrons. The molecule has 7 nitrogen and oxygen atoms in total. The first-order valence-corrected chi connectivity index (χ1v) is 10.1. The smallest absolute Gasteiger partial charge is 0.335 e. The number of carboxylic acids is 1. The Morgan fingerprint density at radius 3 is 2.52 bits per heavy atom. The molecule has 0 aliphatic carbocycles. The number of pyridine rings is 2. The molecule has 0 bridgehead atoms. The molecule has 0 unspecified atom stereocenters. The Bertz CT molecular complexity index is 1090. The number of hydrogen-bond acceptors (Lipinski definition) is 6. The van der Waals surface area contributed by atoms with E-state index in [1.165, 1.54) is 36.2 Å². The van der Waals surface area contributed by atoms with Crippen LogP contribution in [0.15, 0.2) is 75.9 Å². The van der Waals surface area contributed by atoms with Crippen molar-refractivity contribution in [3.63, 3.8) is 0 Å². The van der Waals surface area contributed by atoms with Gasteiger partial charge in [-0.2, -0.15) is 0 Å². The third-order valence-corrected chi connectivity index (χ3v) is 5.96. The highest BCUT2D eigenvalue weighted by Gasteiger charge is 2.19. The van der Waals surface area contributed by atoms with E-state index in [0.717, 1.165) is 11.1 Å². The van der Waals surface area contributed by atoms with Crippen LogP contribution in [0.4, 0.5) is 5.69 Å². The summed E-state index contributed by atoms with van der Waals surface area (Å²) in [5.74, 6) is -1.19. The van der Waals surface area contributed by atoms with Gasteiger partial charge in [0.2, 0.25) is 0 Å². The van der Waals surface area contributed by atoms with Crippen molar-refractivity contribution in [1.82, 2.24) is 9.97 Å². The van der Waals surface area contributed by atoms with E-state index in [0.29, 0.717) is 16.3 Å². The summed E-state index contributed by atoms with van der Waals surface area (Å²) in [6.45, 7) is 1.61. The summed E-state index contributed by atoms with van der Waals surface area (Å²) in [4.78, 5) is 19.4. The van der Waals surface area contributed by atoms with Crippen molar-refractivity contribution in [3.05, 3.63) is 72.1 Å². The van der Waals surface area contributed by atoms with E-state index in [9.17, 15) is 13.2 Å². The second kappa shape index (κ2) is 7.77. The number of anilines is 1. The molecule has 0 saturated heterocycles. The quantitative estimate of drug-likeness (QED) is 0.651. The van der Waals surface area contributed by atoms with Gasteiger partial charge < -0.3 is 5.11 Å². The molecule has 0 saturated carbocycles. The second-order valence-electron chi connectivity index (χ2n) is 5.54. The minimum atomic E-state index is -3.96. The monoisotopic (exact) mass is 401 g/mol. The summed E-state index contributed by atoms with van der Waals surface area (Å²) < 4.78 is 27.9. The van der Waals surface area contributed by atoms with Gasteiger partial charge in [0.15, 0.2) is 0 Å². The molecule has 0 fully saturated rings. The minimum Gasteiger partial charge on any atom is -0.478 e. The Hall–Kier alpha value is -2.91. The average molecular weight is 401 g/mol. The molecular formula is C18H15N3O4S2. The van der Waals surface area contributed by atoms with E-state index < -0.39 is 16.0 Å². The summed E-state index contributed by atoms with van der Waals surface area (Å²) in [6.07, 6.45) is 3.15. The number of carbonyl (C=O) groups is 1. The van der Waals surface area contributed by atoms with E-state index in [1.54, 1.807) is 25.3 Å². The molecule has 2 N–H and O–H groups in total. The number of carboxylic acid groups (broad SMARTS) is 1. The van der Waals surface area contributed by atoms with Crippen molar-refractivity contribution in [3.8, 4) is 0 Å². The molecule has 0 spiro atoms. The van der Waals surface area contributed by atoms with Gasteiger partial charge >= 0.3 is 5.97 Å². The second-order valence-corrected chi connectivity index (χ2v) is 8.24. The van der Waals surface area contributed by atoms with Crippen molar-refractivity contribution in [2.75, 3.05) is 4.72 Å². The zero-order valence-electron chi connectivity index (χ0n) is 14.2. The molecule has 0 aliphatic heterocycles. The van der Waals surface area contributed by atoms with Crippen LogP contribution in [0.1, 0.15) is 15.9 Å². The van der Waals surface area contributed by atoms with Gasteiger partial charge in [0.05, 0.1) is 16.1 Å². The van der Waals surface area contributed by atoms with Gasteiger partial charge in [-0.15, -0.1) is 0 Å². The summed E-state index contributed by atoms with van der Waals surface area (Å²) >= 11 is 1.30. The lowest BCUT2D eigenvalue weighted by Gasteiger charge is -2.11. The van der Waals surface area contributed by atoms with E-state index >= 15 is 0 Å². The van der Waals surface area contributed by atoms with Crippen molar-refractivity contribution in [1.29, 1.82) is 0 Å². The Morgan fingerprint density at radius 1 is 1.04 bits per heavy atom. The van der Waals surface area contributed by atoms with E-state index in [-0.39, 0.29) is 10.5 Å². The van der Waals surface area contributed by atoms with Crippen molar-refractivity contribution >= 4 is 33.4 Å². The van der Waals surface area contributed by atoms with Crippen LogP contribution in [0, 0.1) is 6.92 Å². The topological polar surface area (TPSA) is 109 Å². The van der Waals surface area contributed by atoms with E-state index in [1.807, 2.05) is 12.1 Å². The average Bonchev–Trinajstić information content (AvgIpc) is 2.62. The summed E-state index contributed by atoms with van der Waals surface area (Å²) in [6, 6.07) is 12.6. The van der Waals surface area contributed by atoms with E-state index in [4.69, 9.17) is 5.11 Å². The Labute approximate surface area is 160 Å². The number of nitrogens with zero attached hydrogens (tertiary/aromatic N) is 2. The zero-order valence-corrected chi connectivity index (χ0v) is 15.8. The van der Waals surface area contributed by atoms with Crippen LogP contribution in [0.3, 0.4) is 0 Å². The summed E-state index contributed by atoms with van der Waals surface area (Å²) in [5.41, 5.74) is 0.676. The molecule has 2 aromatic heterocycles. The standard InChI is InChI=1S/C18H15N3O4S2/c1-12-5-6-13(18(22)23)10-15(12)27(24,25)21-14-7-9-20-17(11-14)26-16-4-2-3-8-19-16/h2-11H,1H3,(H,20,21)(H,22,23). The first kappa shape index (κ1) is 18.9. The van der Waals surface area contributed by atoms with Gasteiger partial charge in [0.1, 0.15) is 10.1 Å². The van der Waals surface area contributed by atoms with Crippen LogP contribution in [0.25, 0.3) is 0 Å². The van der Waals surface area contributed by atoms with E-state index in [2.05, 4.69) is 14.7 Å². The maximum Gasteiger partial charge on any atom is 0.335 e. The third-order valence-electron chi connectivity index (χ3n) is 3.56. The molecular weight excluding hydrogens is 386 g/mol. The highest BCUT2D eigenvalue weighted by Crippen LogP contribution is 2.27. The number of aromatic nitrogens is 2. The Morgan fingerprint density at radius 2 is 1.81 bits per heavy atom. The summed E-state index contributed by atoms with van der Waals surface area (Å²) in [7, 11) is -3.96. The van der Waals surface area contributed by atoms with Gasteiger partial charge in [-0.05, 0) is 48.9 Å². The number of rotatable bonds is 6. The first-order valence-electron chi connectivity index (χ1n) is 7.77. The van der Waals surface area contributed by atoms with Gasteiger partial charge in [0, 0.05) is 12.4 Å². The summed E-state index contributed by atoms with van der Waals surface area (Å²) in [5, 5.41) is 10.4. The lowest BCUT2D eigenvalue weighted by molar-refractivity contribution is 0.0696. The van der Waals surface area contributed by atoms with Gasteiger partial charge in [-0.25, -0.2) is 23.2 Å². The molecule has 3 aromatic rings. The fourth-order valence-corrected chi connectivity index (χ4v) is 4.37. The molecule has 9 heteroatoms. The SMILES string of the molecule is Cc1ccc(C(=O)O)cc1S(=O)(=O)Nc1ccnc(Sc2ccccn2)c1. The number of sulfonamides is 1. The normalized spacial score (nSPS) is 11.1. The largest absolute Gasteiger partial charge is 0.478 e. The van der Waals surface area contributed by atoms with Crippen LogP contribution in [-0.2, 0) is 10.0 Å². The highest BCUT2D eigenvalue weighted by molar-refractivity contribution is 7.99. The zero-order chi connectivity index (χ0) is 19.4. The number of aryl methyl sites for hydroxylation is 1. The van der Waals surface area contributed by atoms with Crippen molar-refractivity contribution in [2.24, 2.45) is 0 Å². The van der Waals surface area contributed by atoms with Crippen LogP contribution in [0.5, 0.6) is 0 Å². The van der Waals surface area contributed by atoms with Crippen molar-refractivity contribution < 1.29 is 18.3 Å². The number of hydrogen-bond donors (Lipinski definition) is 2. The molecule has 0 amide bonds. The molecule has 138 valence electrons. The Kier molecular flexibility index (Phi) is 5.43. The molecule has 27 heavy (non-hydrogen) atoms. The van der Waals surface area contributed by atoms with Crippen LogP contribution >= 0.6 is 11.8 Å². The highest BCUT2D eigenvalue weighted by atomic mass is 32.2. The fourth-order valence-electron chi connectivity index (χ4n) is 2.28. The maximum absolute atomic E-state index is 12.7. The lowest BCUT2D eigenvalue weighted by Crippen LogP contribution is -2.15. The van der Waals surface area contributed by atoms with Crippen LogP contribution < -0.4 is 4.72 Å². The minimum absolute atomic E-state index is 0.0851. The third kappa shape index (κ3) is 4.63.